The van der Waals surface area contributed by atoms with Crippen LogP contribution in [0.3, 0.4) is 0 Å². The molecule has 2 aromatic carbocycles. The molecule has 2 aliphatic heterocycles. The zero-order valence-electron chi connectivity index (χ0n) is 15.5. The number of fused-ring (bicyclic) bond motifs is 3. The number of rotatable bonds is 4. The van der Waals surface area contributed by atoms with Gasteiger partial charge in [0.05, 0.1) is 19.6 Å². The first-order valence-corrected chi connectivity index (χ1v) is 9.50. The summed E-state index contributed by atoms with van der Waals surface area (Å²) < 4.78 is 11.7. The molecule has 0 N–H and O–H groups in total. The number of benzene rings is 2. The number of hydrogen-bond donors (Lipinski definition) is 0. The molecule has 1 saturated heterocycles. The minimum Gasteiger partial charge on any atom is -0.496 e. The maximum absolute atomic E-state index is 6.37. The van der Waals surface area contributed by atoms with Gasteiger partial charge in [-0.3, -0.25) is 0 Å². The number of anilines is 1. The van der Waals surface area contributed by atoms with Gasteiger partial charge in [-0.2, -0.15) is 0 Å². The molecular formula is C22H24ClNO2. The highest BCUT2D eigenvalue weighted by atomic mass is 35.5. The lowest BCUT2D eigenvalue weighted by Gasteiger charge is -2.39. The fraction of sp³-hybridized carbons (Fsp3) is 0.364. The minimum absolute atomic E-state index is 0.140. The molecule has 0 radical (unpaired) electrons. The Hall–Kier alpha value is -1.97. The molecule has 0 aliphatic carbocycles. The predicted octanol–water partition coefficient (Wildman–Crippen LogP) is 4.97. The number of nitrogens with zero attached hydrogens (tertiary/aromatic N) is 1. The summed E-state index contributed by atoms with van der Waals surface area (Å²) in [6.07, 6.45) is 4.35. The summed E-state index contributed by atoms with van der Waals surface area (Å²) in [5.41, 5.74) is 4.09. The molecule has 0 bridgehead atoms. The van der Waals surface area contributed by atoms with Crippen molar-refractivity contribution in [2.45, 2.75) is 30.9 Å². The van der Waals surface area contributed by atoms with Gasteiger partial charge < -0.3 is 14.4 Å². The third-order valence-corrected chi connectivity index (χ3v) is 6.04. The topological polar surface area (TPSA) is 21.7 Å². The van der Waals surface area contributed by atoms with E-state index in [1.165, 1.54) is 11.3 Å². The van der Waals surface area contributed by atoms with Gasteiger partial charge in [-0.25, -0.2) is 0 Å². The molecule has 4 heteroatoms. The second-order valence-corrected chi connectivity index (χ2v) is 7.64. The van der Waals surface area contributed by atoms with Crippen molar-refractivity contribution in [3.05, 3.63) is 65.2 Å². The number of ether oxygens (including phenoxy) is 2. The fourth-order valence-electron chi connectivity index (χ4n) is 4.35. The zero-order valence-corrected chi connectivity index (χ0v) is 16.2. The van der Waals surface area contributed by atoms with Gasteiger partial charge in [0.2, 0.25) is 0 Å². The average molecular weight is 370 g/mol. The average Bonchev–Trinajstić information content (AvgIpc) is 3.17. The highest BCUT2D eigenvalue weighted by molar-refractivity contribution is 6.17. The number of alkyl halides is 1. The van der Waals surface area contributed by atoms with Crippen molar-refractivity contribution in [1.82, 2.24) is 0 Å². The first-order valence-electron chi connectivity index (χ1n) is 8.97. The molecule has 0 spiro atoms. The van der Waals surface area contributed by atoms with Crippen LogP contribution in [0.1, 0.15) is 30.5 Å². The largest absolute Gasteiger partial charge is 0.496 e. The molecule has 1 atom stereocenters. The molecule has 2 aliphatic rings. The molecule has 3 nitrogen and oxygen atoms in total. The Morgan fingerprint density at radius 2 is 2.04 bits per heavy atom. The van der Waals surface area contributed by atoms with Gasteiger partial charge in [-0.15, -0.1) is 11.6 Å². The molecule has 1 unspecified atom stereocenters. The van der Waals surface area contributed by atoms with Crippen molar-refractivity contribution < 1.29 is 9.47 Å². The summed E-state index contributed by atoms with van der Waals surface area (Å²) in [5.74, 6) is 1.25. The van der Waals surface area contributed by atoms with Crippen LogP contribution in [0.2, 0.25) is 0 Å². The summed E-state index contributed by atoms with van der Waals surface area (Å²) in [4.78, 5) is 2.39. The normalized spacial score (nSPS) is 23.3. The Labute approximate surface area is 160 Å². The molecule has 4 rings (SSSR count). The Kier molecular flexibility index (Phi) is 4.25. The summed E-state index contributed by atoms with van der Waals surface area (Å²) >= 11 is 6.07. The maximum Gasteiger partial charge on any atom is 0.170 e. The molecule has 26 heavy (non-hydrogen) atoms. The predicted molar refractivity (Wildman–Crippen MR) is 107 cm³/mol. The quantitative estimate of drug-likeness (QED) is 0.710. The molecule has 2 aromatic rings. The molecule has 2 heterocycles. The highest BCUT2D eigenvalue weighted by Gasteiger charge is 2.58. The maximum atomic E-state index is 6.37. The van der Waals surface area contributed by atoms with Crippen molar-refractivity contribution >= 4 is 23.4 Å². The Bertz CT molecular complexity index is 861. The highest BCUT2D eigenvalue weighted by Crippen LogP contribution is 2.54. The van der Waals surface area contributed by atoms with Crippen LogP contribution >= 0.6 is 11.6 Å². The molecule has 136 valence electrons. The van der Waals surface area contributed by atoms with E-state index in [1.807, 2.05) is 6.07 Å². The molecule has 0 saturated carbocycles. The Morgan fingerprint density at radius 3 is 2.81 bits per heavy atom. The summed E-state index contributed by atoms with van der Waals surface area (Å²) in [6.45, 7) is 6.16. The second kappa shape index (κ2) is 6.33. The van der Waals surface area contributed by atoms with E-state index >= 15 is 0 Å². The van der Waals surface area contributed by atoms with E-state index in [0.29, 0.717) is 5.88 Å². The van der Waals surface area contributed by atoms with Crippen LogP contribution in [0.4, 0.5) is 5.69 Å². The van der Waals surface area contributed by atoms with Crippen LogP contribution in [-0.2, 0) is 16.0 Å². The van der Waals surface area contributed by atoms with Gasteiger partial charge in [-0.1, -0.05) is 44.2 Å². The van der Waals surface area contributed by atoms with E-state index in [4.69, 9.17) is 21.1 Å². The molecule has 0 aromatic heterocycles. The van der Waals surface area contributed by atoms with Gasteiger partial charge in [0.25, 0.3) is 0 Å². The third-order valence-electron chi connectivity index (χ3n) is 5.75. The lowest BCUT2D eigenvalue weighted by atomic mass is 9.77. The summed E-state index contributed by atoms with van der Waals surface area (Å²) in [5, 5.41) is 0. The van der Waals surface area contributed by atoms with Crippen molar-refractivity contribution in [3.8, 4) is 5.75 Å². The van der Waals surface area contributed by atoms with Gasteiger partial charge in [-0.05, 0) is 35.4 Å². The number of halogens is 1. The Balaban J connectivity index is 1.75. The SMILES string of the molecule is COc1ccc(/C=C/C23OCCN2c2ccccc2C3(C)C)cc1CCl. The van der Waals surface area contributed by atoms with Crippen molar-refractivity contribution in [2.24, 2.45) is 0 Å². The smallest absolute Gasteiger partial charge is 0.170 e. The third kappa shape index (κ3) is 2.38. The van der Waals surface area contributed by atoms with E-state index in [1.54, 1.807) is 7.11 Å². The van der Waals surface area contributed by atoms with Crippen LogP contribution < -0.4 is 9.64 Å². The molecular weight excluding hydrogens is 346 g/mol. The Morgan fingerprint density at radius 1 is 1.23 bits per heavy atom. The van der Waals surface area contributed by atoms with Crippen molar-refractivity contribution in [2.75, 3.05) is 25.2 Å². The zero-order chi connectivity index (χ0) is 18.4. The monoisotopic (exact) mass is 369 g/mol. The number of hydrogen-bond acceptors (Lipinski definition) is 3. The summed E-state index contributed by atoms with van der Waals surface area (Å²) in [7, 11) is 1.67. The van der Waals surface area contributed by atoms with Gasteiger partial charge in [0.1, 0.15) is 5.75 Å². The standard InChI is InChI=1S/C22H24ClNO2/c1-21(2)18-6-4-5-7-19(18)24-12-13-26-22(21,24)11-10-16-8-9-20(25-3)17(14-16)15-23/h4-11,14H,12-13,15H2,1-3H3/b11-10+. The van der Waals surface area contributed by atoms with E-state index in [0.717, 1.165) is 30.0 Å². The van der Waals surface area contributed by atoms with Gasteiger partial charge in [0.15, 0.2) is 5.72 Å². The van der Waals surface area contributed by atoms with Gasteiger partial charge in [0, 0.05) is 23.2 Å². The molecule has 1 fully saturated rings. The van der Waals surface area contributed by atoms with E-state index in [9.17, 15) is 0 Å². The first kappa shape index (κ1) is 17.4. The van der Waals surface area contributed by atoms with Crippen LogP contribution in [0, 0.1) is 0 Å². The van der Waals surface area contributed by atoms with E-state index < -0.39 is 5.72 Å². The van der Waals surface area contributed by atoms with Crippen LogP contribution in [-0.4, -0.2) is 26.0 Å². The lowest BCUT2D eigenvalue weighted by Crippen LogP contribution is -2.51. The summed E-state index contributed by atoms with van der Waals surface area (Å²) in [6, 6.07) is 14.7. The van der Waals surface area contributed by atoms with E-state index in [2.05, 4.69) is 67.3 Å². The van der Waals surface area contributed by atoms with Crippen LogP contribution in [0.15, 0.2) is 48.5 Å². The van der Waals surface area contributed by atoms with Crippen molar-refractivity contribution in [3.63, 3.8) is 0 Å². The lowest BCUT2D eigenvalue weighted by molar-refractivity contribution is 0.000337. The number of methoxy groups -OCH3 is 1. The van der Waals surface area contributed by atoms with Gasteiger partial charge >= 0.3 is 0 Å². The van der Waals surface area contributed by atoms with Crippen LogP contribution in [0.25, 0.3) is 6.08 Å². The first-order chi connectivity index (χ1) is 12.5. The fourth-order valence-corrected chi connectivity index (χ4v) is 4.56. The molecule has 0 amide bonds. The van der Waals surface area contributed by atoms with Crippen LogP contribution in [0.5, 0.6) is 5.75 Å². The number of para-hydroxylation sites is 1. The second-order valence-electron chi connectivity index (χ2n) is 7.38. The van der Waals surface area contributed by atoms with Crippen molar-refractivity contribution in [1.29, 1.82) is 0 Å². The minimum atomic E-state index is -0.461. The van der Waals surface area contributed by atoms with E-state index in [-0.39, 0.29) is 5.41 Å².